The third kappa shape index (κ3) is 35.4. The summed E-state index contributed by atoms with van der Waals surface area (Å²) in [7, 11) is 0. The van der Waals surface area contributed by atoms with E-state index in [4.69, 9.17) is 9.47 Å². The quantitative estimate of drug-likeness (QED) is 0.142. The fourth-order valence-corrected chi connectivity index (χ4v) is 7.58. The lowest BCUT2D eigenvalue weighted by Crippen LogP contribution is -2.27. The smallest absolute Gasteiger partial charge is 0.154 e. The average molecular weight is 1120 g/mol. The molecule has 0 unspecified atom stereocenters. The Hall–Kier alpha value is -5.32. The molecule has 2 aliphatic carbocycles. The summed E-state index contributed by atoms with van der Waals surface area (Å²) >= 11 is 0. The van der Waals surface area contributed by atoms with Crippen molar-refractivity contribution in [3.05, 3.63) is 199 Å². The van der Waals surface area contributed by atoms with Crippen LogP contribution in [0.25, 0.3) is 0 Å². The molecule has 0 N–H and O–H groups in total. The van der Waals surface area contributed by atoms with Crippen LogP contribution in [-0.2, 0) is 9.47 Å². The Kier molecular flexibility index (Phi) is 39.9. The van der Waals surface area contributed by atoms with Crippen LogP contribution in [0.4, 0.5) is 26.3 Å². The summed E-state index contributed by atoms with van der Waals surface area (Å²) in [6.07, 6.45) is 15.4. The van der Waals surface area contributed by atoms with Crippen molar-refractivity contribution < 1.29 is 35.8 Å². The number of halogens is 6. The first-order chi connectivity index (χ1) is 36.6. The molecule has 3 fully saturated rings. The Labute approximate surface area is 483 Å². The molecule has 0 atom stereocenters. The molecule has 5 aromatic carbocycles. The van der Waals surface area contributed by atoms with E-state index in [0.29, 0.717) is 28.2 Å². The van der Waals surface area contributed by atoms with E-state index in [0.717, 1.165) is 59.4 Å². The minimum atomic E-state index is -0.475. The Morgan fingerprint density at radius 1 is 0.325 bits per heavy atom. The fourth-order valence-electron chi connectivity index (χ4n) is 7.58. The molecule has 4 nitrogen and oxygen atoms in total. The number of hydrogen-bond donors (Lipinski definition) is 0. The average Bonchev–Trinajstić information content (AvgIpc) is 3.38. The number of aromatic nitrogens is 2. The van der Waals surface area contributed by atoms with E-state index in [9.17, 15) is 26.3 Å². The van der Waals surface area contributed by atoms with Crippen LogP contribution in [0.2, 0.25) is 0 Å². The van der Waals surface area contributed by atoms with Gasteiger partial charge in [-0.25, -0.2) is 36.3 Å². The molecule has 10 heteroatoms. The first-order valence-corrected chi connectivity index (χ1v) is 27.9. The maximum atomic E-state index is 12.6. The molecule has 1 aliphatic heterocycles. The van der Waals surface area contributed by atoms with Crippen LogP contribution >= 0.6 is 0 Å². The van der Waals surface area contributed by atoms with Gasteiger partial charge < -0.3 is 9.47 Å². The van der Waals surface area contributed by atoms with E-state index < -0.39 is 23.3 Å². The van der Waals surface area contributed by atoms with Crippen LogP contribution in [0.3, 0.4) is 0 Å². The van der Waals surface area contributed by atoms with E-state index in [-0.39, 0.29) is 43.9 Å². The zero-order valence-electron chi connectivity index (χ0n) is 50.8. The first kappa shape index (κ1) is 76.7. The molecule has 3 aliphatic rings. The highest BCUT2D eigenvalue weighted by atomic mass is 19.2. The van der Waals surface area contributed by atoms with Gasteiger partial charge in [0.15, 0.2) is 6.29 Å². The predicted molar refractivity (Wildman–Crippen MR) is 328 cm³/mol. The molecule has 1 aromatic heterocycles. The molecule has 448 valence electrons. The van der Waals surface area contributed by atoms with Gasteiger partial charge in [-0.05, 0) is 189 Å². The molecule has 80 heavy (non-hydrogen) atoms. The van der Waals surface area contributed by atoms with E-state index in [2.05, 4.69) is 82.7 Å². The van der Waals surface area contributed by atoms with E-state index in [1.165, 1.54) is 113 Å². The van der Waals surface area contributed by atoms with Gasteiger partial charge in [0.25, 0.3) is 0 Å². The van der Waals surface area contributed by atoms with Gasteiger partial charge in [0.05, 0.1) is 13.2 Å². The Bertz CT molecular complexity index is 2250. The fraction of sp³-hybridized carbons (Fsp3) is 0.514. The zero-order valence-corrected chi connectivity index (χ0v) is 50.8. The highest BCUT2D eigenvalue weighted by molar-refractivity contribution is 5.25. The Morgan fingerprint density at radius 2 is 0.575 bits per heavy atom. The van der Waals surface area contributed by atoms with Crippen LogP contribution in [0, 0.1) is 148 Å². The van der Waals surface area contributed by atoms with E-state index >= 15 is 0 Å². The first-order valence-electron chi connectivity index (χ1n) is 27.9. The van der Waals surface area contributed by atoms with Crippen molar-refractivity contribution in [2.75, 3.05) is 13.2 Å². The number of hydrogen-bond acceptors (Lipinski definition) is 4. The third-order valence-electron chi connectivity index (χ3n) is 13.5. The topological polar surface area (TPSA) is 44.2 Å². The number of nitrogens with zero attached hydrogens (tertiary/aromatic N) is 2. The van der Waals surface area contributed by atoms with Gasteiger partial charge >= 0.3 is 0 Å². The molecule has 0 radical (unpaired) electrons. The lowest BCUT2D eigenvalue weighted by atomic mass is 9.84. The van der Waals surface area contributed by atoms with E-state index in [1.54, 1.807) is 39.8 Å². The van der Waals surface area contributed by atoms with Gasteiger partial charge in [-0.2, -0.15) is 0 Å². The van der Waals surface area contributed by atoms with Crippen molar-refractivity contribution in [1.29, 1.82) is 0 Å². The number of ether oxygens (including phenoxy) is 2. The summed E-state index contributed by atoms with van der Waals surface area (Å²) in [5.41, 5.74) is 8.52. The van der Waals surface area contributed by atoms with Crippen LogP contribution < -0.4 is 0 Å². The van der Waals surface area contributed by atoms with Gasteiger partial charge in [-0.1, -0.05) is 160 Å². The molecule has 0 amide bonds. The maximum absolute atomic E-state index is 12.6. The molecular formula is C70H104F6N2O2. The standard InChI is InChI=1S/2C8H8F2.2C8H9F.2C8H16.C8H10.C6H8N2.C6H12O2.2CH4/c2*1-5-3-7(9)6(2)8(10)4-5;2*1-6-3-4-7(2)8(9)5-6;3*1-7-3-5-8(2)6-4-7;2*1-5-3-7-6(2)8-4-5;;/h2*3-4H,1-2H3;2*3-5H,1-2H3;2*7-8H,3-6H2,1-2H3;3-6H,1-2H3;3-4H,1-2H3;5-6H,3-4H2,1-2H3;2*1H4. The van der Waals surface area contributed by atoms with Crippen molar-refractivity contribution >= 4 is 0 Å². The molecule has 0 bridgehead atoms. The largest absolute Gasteiger partial charge is 0.353 e. The number of rotatable bonds is 0. The second kappa shape index (κ2) is 41.6. The lowest BCUT2D eigenvalue weighted by molar-refractivity contribution is -0.187. The zero-order chi connectivity index (χ0) is 59.1. The Balaban J connectivity index is 0. The van der Waals surface area contributed by atoms with Gasteiger partial charge in [0.1, 0.15) is 40.7 Å². The van der Waals surface area contributed by atoms with Gasteiger partial charge in [0.2, 0.25) is 0 Å². The molecule has 6 aromatic rings. The van der Waals surface area contributed by atoms with E-state index in [1.807, 2.05) is 59.1 Å². The van der Waals surface area contributed by atoms with Crippen molar-refractivity contribution in [3.63, 3.8) is 0 Å². The number of aryl methyl sites for hydroxylation is 10. The normalized spacial score (nSPS) is 18.4. The minimum Gasteiger partial charge on any atom is -0.353 e. The number of benzene rings is 5. The summed E-state index contributed by atoms with van der Waals surface area (Å²) in [6.45, 7) is 36.7. The molecule has 9 rings (SSSR count). The van der Waals surface area contributed by atoms with Gasteiger partial charge in [0, 0.05) is 29.4 Å². The van der Waals surface area contributed by atoms with Crippen molar-refractivity contribution in [2.45, 2.75) is 197 Å². The lowest BCUT2D eigenvalue weighted by Gasteiger charge is -2.24. The monoisotopic (exact) mass is 1120 g/mol. The summed E-state index contributed by atoms with van der Waals surface area (Å²) in [5.74, 6) is 3.35. The summed E-state index contributed by atoms with van der Waals surface area (Å²) < 4.78 is 85.9. The third-order valence-corrected chi connectivity index (χ3v) is 13.5. The highest BCUT2D eigenvalue weighted by Gasteiger charge is 2.15. The molecule has 2 heterocycles. The second-order valence-corrected chi connectivity index (χ2v) is 22.2. The molecule has 2 saturated carbocycles. The molecule has 1 saturated heterocycles. The van der Waals surface area contributed by atoms with Crippen LogP contribution in [0.1, 0.15) is 175 Å². The SMILES string of the molecule is C.C.CC1CCC(C)CC1.CC1CCC(C)CC1.CC1COC(C)OC1.Cc1cc(F)c(C)c(F)c1.Cc1cc(F)c(C)c(F)c1.Cc1ccc(C)c(F)c1.Cc1ccc(C)c(F)c1.Cc1ccc(C)cc1.Cc1cnc(C)nc1. The molecule has 0 spiro atoms. The predicted octanol–water partition coefficient (Wildman–Crippen LogP) is 21.4. The maximum Gasteiger partial charge on any atom is 0.154 e. The van der Waals surface area contributed by atoms with Gasteiger partial charge in [-0.3, -0.25) is 0 Å². The summed E-state index contributed by atoms with van der Waals surface area (Å²) in [4.78, 5) is 7.94. The Morgan fingerprint density at radius 3 is 0.800 bits per heavy atom. The molecular weight excluding hydrogens is 1010 g/mol. The van der Waals surface area contributed by atoms with Crippen molar-refractivity contribution in [1.82, 2.24) is 9.97 Å². The van der Waals surface area contributed by atoms with Crippen LogP contribution in [-0.4, -0.2) is 29.5 Å². The minimum absolute atomic E-state index is 0. The van der Waals surface area contributed by atoms with Gasteiger partial charge in [-0.15, -0.1) is 0 Å². The van der Waals surface area contributed by atoms with Crippen LogP contribution in [0.15, 0.2) is 97.3 Å². The summed E-state index contributed by atoms with van der Waals surface area (Å²) in [5, 5.41) is 0. The summed E-state index contributed by atoms with van der Waals surface area (Å²) in [6, 6.07) is 24.2. The highest BCUT2D eigenvalue weighted by Crippen LogP contribution is 2.28. The van der Waals surface area contributed by atoms with Crippen LogP contribution in [0.5, 0.6) is 0 Å². The second-order valence-electron chi connectivity index (χ2n) is 22.2. The van der Waals surface area contributed by atoms with Crippen molar-refractivity contribution in [3.8, 4) is 0 Å². The van der Waals surface area contributed by atoms with Crippen molar-refractivity contribution in [2.24, 2.45) is 29.6 Å².